The molecular formula is C14H22ClNO. The van der Waals surface area contributed by atoms with Gasteiger partial charge in [0.05, 0.1) is 24.4 Å². The van der Waals surface area contributed by atoms with Crippen LogP contribution in [0.3, 0.4) is 0 Å². The number of rotatable bonds is 9. The van der Waals surface area contributed by atoms with Crippen LogP contribution in [0.1, 0.15) is 51.1 Å². The second-order valence-corrected chi connectivity index (χ2v) is 4.50. The normalized spacial score (nSPS) is 10.5. The van der Waals surface area contributed by atoms with Crippen LogP contribution in [0.2, 0.25) is 0 Å². The van der Waals surface area contributed by atoms with Gasteiger partial charge in [-0.2, -0.15) is 0 Å². The Morgan fingerprint density at radius 1 is 1.12 bits per heavy atom. The smallest absolute Gasteiger partial charge is 0.137 e. The first kappa shape index (κ1) is 14.3. The molecule has 1 aromatic rings. The van der Waals surface area contributed by atoms with Crippen LogP contribution in [0.5, 0.6) is 5.75 Å². The lowest BCUT2D eigenvalue weighted by Crippen LogP contribution is -1.98. The molecule has 1 rings (SSSR count). The summed E-state index contributed by atoms with van der Waals surface area (Å²) < 4.78 is 5.61. The maximum Gasteiger partial charge on any atom is 0.137 e. The highest BCUT2D eigenvalue weighted by Crippen LogP contribution is 2.11. The van der Waals surface area contributed by atoms with Gasteiger partial charge >= 0.3 is 0 Å². The number of aromatic nitrogens is 1. The number of nitrogens with zero attached hydrogens (tertiary/aromatic N) is 1. The average molecular weight is 256 g/mol. The van der Waals surface area contributed by atoms with Crippen molar-refractivity contribution in [2.24, 2.45) is 0 Å². The quantitative estimate of drug-likeness (QED) is 0.477. The number of alkyl halides is 1. The van der Waals surface area contributed by atoms with Crippen molar-refractivity contribution in [3.63, 3.8) is 0 Å². The predicted molar refractivity (Wildman–Crippen MR) is 72.7 cm³/mol. The van der Waals surface area contributed by atoms with Crippen LogP contribution < -0.4 is 4.74 Å². The molecule has 1 aromatic heterocycles. The van der Waals surface area contributed by atoms with Gasteiger partial charge in [-0.15, -0.1) is 11.6 Å². The van der Waals surface area contributed by atoms with E-state index in [9.17, 15) is 0 Å². The van der Waals surface area contributed by atoms with Gasteiger partial charge in [0.15, 0.2) is 0 Å². The Labute approximate surface area is 109 Å². The van der Waals surface area contributed by atoms with Gasteiger partial charge in [0.25, 0.3) is 0 Å². The third kappa shape index (κ3) is 6.52. The van der Waals surface area contributed by atoms with E-state index >= 15 is 0 Å². The fraction of sp³-hybridized carbons (Fsp3) is 0.643. The third-order valence-electron chi connectivity index (χ3n) is 2.70. The molecule has 0 amide bonds. The van der Waals surface area contributed by atoms with E-state index in [1.54, 1.807) is 6.20 Å². The lowest BCUT2D eigenvalue weighted by molar-refractivity contribution is 0.303. The third-order valence-corrected chi connectivity index (χ3v) is 2.97. The highest BCUT2D eigenvalue weighted by molar-refractivity contribution is 6.16. The minimum atomic E-state index is 0.456. The molecule has 0 radical (unpaired) electrons. The van der Waals surface area contributed by atoms with E-state index in [-0.39, 0.29) is 0 Å². The molecular weight excluding hydrogens is 234 g/mol. The van der Waals surface area contributed by atoms with Crippen LogP contribution >= 0.6 is 11.6 Å². The molecule has 0 unspecified atom stereocenters. The number of pyridine rings is 1. The van der Waals surface area contributed by atoms with E-state index in [2.05, 4.69) is 11.9 Å². The summed E-state index contributed by atoms with van der Waals surface area (Å²) in [6.45, 7) is 3.02. The summed E-state index contributed by atoms with van der Waals surface area (Å²) in [7, 11) is 0. The fourth-order valence-corrected chi connectivity index (χ4v) is 1.81. The monoisotopic (exact) mass is 255 g/mol. The number of hydrogen-bond donors (Lipinski definition) is 0. The number of ether oxygens (including phenoxy) is 1. The Hall–Kier alpha value is -0.760. The van der Waals surface area contributed by atoms with Crippen molar-refractivity contribution in [2.75, 3.05) is 6.61 Å². The molecule has 2 nitrogen and oxygen atoms in total. The van der Waals surface area contributed by atoms with Crippen LogP contribution in [0, 0.1) is 0 Å². The molecule has 17 heavy (non-hydrogen) atoms. The first-order valence-electron chi connectivity index (χ1n) is 6.50. The van der Waals surface area contributed by atoms with E-state index in [4.69, 9.17) is 16.3 Å². The average Bonchev–Trinajstić information content (AvgIpc) is 2.38. The lowest BCUT2D eigenvalue weighted by Gasteiger charge is -2.06. The van der Waals surface area contributed by atoms with Crippen molar-refractivity contribution in [1.29, 1.82) is 0 Å². The summed E-state index contributed by atoms with van der Waals surface area (Å²) in [5.74, 6) is 1.30. The predicted octanol–water partition coefficient (Wildman–Crippen LogP) is 4.56. The van der Waals surface area contributed by atoms with Gasteiger partial charge in [0.1, 0.15) is 5.75 Å². The molecule has 0 fully saturated rings. The van der Waals surface area contributed by atoms with Crippen molar-refractivity contribution < 1.29 is 4.74 Å². The summed E-state index contributed by atoms with van der Waals surface area (Å²) in [6, 6.07) is 3.84. The maximum atomic E-state index is 5.66. The van der Waals surface area contributed by atoms with Crippen LogP contribution in [-0.2, 0) is 5.88 Å². The first-order chi connectivity index (χ1) is 8.36. The molecule has 0 saturated heterocycles. The molecule has 0 atom stereocenters. The highest BCUT2D eigenvalue weighted by Gasteiger charge is 1.96. The van der Waals surface area contributed by atoms with Crippen molar-refractivity contribution in [2.45, 2.75) is 51.3 Å². The van der Waals surface area contributed by atoms with Crippen LogP contribution in [0.15, 0.2) is 18.3 Å². The molecule has 1 heterocycles. The minimum Gasteiger partial charge on any atom is -0.492 e. The van der Waals surface area contributed by atoms with Gasteiger partial charge in [-0.05, 0) is 18.6 Å². The van der Waals surface area contributed by atoms with Crippen LogP contribution in [0.4, 0.5) is 0 Å². The molecule has 96 valence electrons. The Morgan fingerprint density at radius 2 is 1.88 bits per heavy atom. The van der Waals surface area contributed by atoms with Crippen LogP contribution in [0.25, 0.3) is 0 Å². The number of unbranched alkanes of at least 4 members (excludes halogenated alkanes) is 5. The molecule has 0 aromatic carbocycles. The number of hydrogen-bond acceptors (Lipinski definition) is 2. The summed E-state index contributed by atoms with van der Waals surface area (Å²) in [5.41, 5.74) is 0.888. The molecule has 3 heteroatoms. The zero-order valence-electron chi connectivity index (χ0n) is 10.6. The summed E-state index contributed by atoms with van der Waals surface area (Å²) >= 11 is 5.66. The molecule has 0 aliphatic rings. The Bertz CT molecular complexity index is 287. The summed E-state index contributed by atoms with van der Waals surface area (Å²) in [5, 5.41) is 0. The second kappa shape index (κ2) is 9.29. The molecule has 0 spiro atoms. The van der Waals surface area contributed by atoms with Crippen molar-refractivity contribution in [3.05, 3.63) is 24.0 Å². The number of halogens is 1. The van der Waals surface area contributed by atoms with Gasteiger partial charge in [0, 0.05) is 0 Å². The minimum absolute atomic E-state index is 0.456. The van der Waals surface area contributed by atoms with Gasteiger partial charge in [-0.1, -0.05) is 39.0 Å². The highest BCUT2D eigenvalue weighted by atomic mass is 35.5. The van der Waals surface area contributed by atoms with E-state index in [1.807, 2.05) is 12.1 Å². The SMILES string of the molecule is CCCCCCCCOc1ccc(CCl)nc1. The van der Waals surface area contributed by atoms with Gasteiger partial charge in [-0.3, -0.25) is 4.98 Å². The topological polar surface area (TPSA) is 22.1 Å². The van der Waals surface area contributed by atoms with Crippen molar-refractivity contribution in [3.8, 4) is 5.75 Å². The second-order valence-electron chi connectivity index (χ2n) is 4.24. The summed E-state index contributed by atoms with van der Waals surface area (Å²) in [4.78, 5) is 4.18. The molecule has 0 saturated carbocycles. The Morgan fingerprint density at radius 3 is 2.53 bits per heavy atom. The van der Waals surface area contributed by atoms with Gasteiger partial charge in [-0.25, -0.2) is 0 Å². The molecule has 0 aliphatic carbocycles. The Balaban J connectivity index is 2.05. The first-order valence-corrected chi connectivity index (χ1v) is 7.04. The maximum absolute atomic E-state index is 5.66. The standard InChI is InChI=1S/C14H22ClNO/c1-2-3-4-5-6-7-10-17-14-9-8-13(11-15)16-12-14/h8-9,12H,2-7,10-11H2,1H3. The van der Waals surface area contributed by atoms with Crippen LogP contribution in [-0.4, -0.2) is 11.6 Å². The Kier molecular flexibility index (Phi) is 7.81. The van der Waals surface area contributed by atoms with E-state index in [0.29, 0.717) is 5.88 Å². The molecule has 0 N–H and O–H groups in total. The largest absolute Gasteiger partial charge is 0.492 e. The van der Waals surface area contributed by atoms with Crippen molar-refractivity contribution >= 4 is 11.6 Å². The fourth-order valence-electron chi connectivity index (χ4n) is 1.65. The van der Waals surface area contributed by atoms with Crippen molar-refractivity contribution in [1.82, 2.24) is 4.98 Å². The van der Waals surface area contributed by atoms with Gasteiger partial charge < -0.3 is 4.74 Å². The zero-order chi connectivity index (χ0) is 12.3. The zero-order valence-corrected chi connectivity index (χ0v) is 11.4. The molecule has 0 aliphatic heterocycles. The van der Waals surface area contributed by atoms with Gasteiger partial charge in [0.2, 0.25) is 0 Å². The summed E-state index contributed by atoms with van der Waals surface area (Å²) in [6.07, 6.45) is 9.45. The van der Waals surface area contributed by atoms with E-state index < -0.39 is 0 Å². The lowest BCUT2D eigenvalue weighted by atomic mass is 10.1. The van der Waals surface area contributed by atoms with E-state index in [1.165, 1.54) is 32.1 Å². The van der Waals surface area contributed by atoms with E-state index in [0.717, 1.165) is 24.5 Å². The molecule has 0 bridgehead atoms.